The Balaban J connectivity index is 2.48. The van der Waals surface area contributed by atoms with Crippen LogP contribution in [0.2, 0.25) is 0 Å². The Kier molecular flexibility index (Phi) is 5.78. The molecule has 1 heterocycles. The fourth-order valence-corrected chi connectivity index (χ4v) is 3.34. The van der Waals surface area contributed by atoms with Gasteiger partial charge in [-0.2, -0.15) is 11.8 Å². The van der Waals surface area contributed by atoms with Crippen LogP contribution in [0.4, 0.5) is 4.39 Å². The first-order chi connectivity index (χ1) is 9.92. The summed E-state index contributed by atoms with van der Waals surface area (Å²) in [6.07, 6.45) is 2.01. The summed E-state index contributed by atoms with van der Waals surface area (Å²) in [7, 11) is 0. The molecule has 0 amide bonds. The lowest BCUT2D eigenvalue weighted by molar-refractivity contribution is -0.133. The van der Waals surface area contributed by atoms with Crippen LogP contribution in [0, 0.1) is 9.39 Å². The average molecular weight is 440 g/mol. The number of imidazole rings is 1. The van der Waals surface area contributed by atoms with Gasteiger partial charge in [0.2, 0.25) is 0 Å². The van der Waals surface area contributed by atoms with E-state index in [1.54, 1.807) is 17.8 Å². The molecular weight excluding hydrogens is 426 g/mol. The van der Waals surface area contributed by atoms with E-state index in [0.29, 0.717) is 31.6 Å². The molecule has 2 aromatic rings. The molecule has 8 heteroatoms. The monoisotopic (exact) mass is 440 g/mol. The van der Waals surface area contributed by atoms with Gasteiger partial charge in [-0.3, -0.25) is 4.79 Å². The van der Waals surface area contributed by atoms with Crippen LogP contribution in [0.25, 0.3) is 11.0 Å². The highest BCUT2D eigenvalue weighted by Crippen LogP contribution is 2.28. The SMILES string of the molecule is CSC(C)Cn1c(SCC(=O)O)nc2cc(I)c(F)cc21. The van der Waals surface area contributed by atoms with E-state index in [-0.39, 0.29) is 11.6 Å². The molecule has 0 radical (unpaired) electrons. The Morgan fingerprint density at radius 2 is 2.29 bits per heavy atom. The third-order valence-corrected chi connectivity index (χ3v) is 5.66. The number of thioether (sulfide) groups is 2. The Morgan fingerprint density at radius 1 is 1.57 bits per heavy atom. The largest absolute Gasteiger partial charge is 0.481 e. The van der Waals surface area contributed by atoms with Crippen LogP contribution in [0.1, 0.15) is 6.92 Å². The van der Waals surface area contributed by atoms with E-state index in [0.717, 1.165) is 11.8 Å². The minimum atomic E-state index is -0.891. The first-order valence-electron chi connectivity index (χ1n) is 6.15. The predicted octanol–water partition coefficient (Wildman–Crippen LogP) is 3.71. The molecule has 1 N–H and O–H groups in total. The van der Waals surface area contributed by atoms with Gasteiger partial charge in [-0.25, -0.2) is 9.37 Å². The number of aromatic nitrogens is 2. The van der Waals surface area contributed by atoms with Crippen LogP contribution < -0.4 is 0 Å². The number of carbonyl (C=O) groups is 1. The zero-order valence-corrected chi connectivity index (χ0v) is 15.3. The lowest BCUT2D eigenvalue weighted by atomic mass is 10.3. The average Bonchev–Trinajstić information content (AvgIpc) is 2.74. The highest BCUT2D eigenvalue weighted by molar-refractivity contribution is 14.1. The number of carboxylic acids is 1. The molecule has 0 aliphatic heterocycles. The zero-order chi connectivity index (χ0) is 15.6. The summed E-state index contributed by atoms with van der Waals surface area (Å²) < 4.78 is 16.2. The number of fused-ring (bicyclic) bond motifs is 1. The van der Waals surface area contributed by atoms with Gasteiger partial charge in [-0.1, -0.05) is 18.7 Å². The molecule has 2 rings (SSSR count). The van der Waals surface area contributed by atoms with Crippen molar-refractivity contribution in [2.45, 2.75) is 23.9 Å². The van der Waals surface area contributed by atoms with Gasteiger partial charge in [0, 0.05) is 17.9 Å². The van der Waals surface area contributed by atoms with E-state index in [2.05, 4.69) is 11.9 Å². The van der Waals surface area contributed by atoms with Gasteiger partial charge in [0.15, 0.2) is 5.16 Å². The zero-order valence-electron chi connectivity index (χ0n) is 11.5. The number of nitrogens with zero attached hydrogens (tertiary/aromatic N) is 2. The van der Waals surface area contributed by atoms with Gasteiger partial charge in [0.1, 0.15) is 5.82 Å². The van der Waals surface area contributed by atoms with Crippen molar-refractivity contribution in [2.24, 2.45) is 0 Å². The van der Waals surface area contributed by atoms with Crippen molar-refractivity contribution in [1.29, 1.82) is 0 Å². The van der Waals surface area contributed by atoms with Crippen LogP contribution in [-0.2, 0) is 11.3 Å². The summed E-state index contributed by atoms with van der Waals surface area (Å²) in [6, 6.07) is 3.16. The standard InChI is InChI=1S/C13H14FIN2O2S2/c1-7(20-2)5-17-11-3-8(14)9(15)4-10(11)16-13(17)21-6-12(18)19/h3-4,7H,5-6H2,1-2H3,(H,18,19). The number of halogens is 2. The maximum atomic E-state index is 13.8. The summed E-state index contributed by atoms with van der Waals surface area (Å²) >= 11 is 4.79. The number of hydrogen-bond donors (Lipinski definition) is 1. The topological polar surface area (TPSA) is 55.1 Å². The quantitative estimate of drug-likeness (QED) is 0.549. The van der Waals surface area contributed by atoms with Gasteiger partial charge < -0.3 is 9.67 Å². The Morgan fingerprint density at radius 3 is 2.90 bits per heavy atom. The lowest BCUT2D eigenvalue weighted by Gasteiger charge is -2.13. The normalized spacial score (nSPS) is 12.8. The molecule has 0 saturated carbocycles. The van der Waals surface area contributed by atoms with Crippen molar-refractivity contribution < 1.29 is 14.3 Å². The van der Waals surface area contributed by atoms with E-state index in [1.807, 2.05) is 33.4 Å². The fraction of sp³-hybridized carbons (Fsp3) is 0.385. The maximum absolute atomic E-state index is 13.8. The first kappa shape index (κ1) is 16.9. The third kappa shape index (κ3) is 4.04. The molecule has 1 atom stereocenters. The van der Waals surface area contributed by atoms with E-state index < -0.39 is 5.97 Å². The summed E-state index contributed by atoms with van der Waals surface area (Å²) in [5, 5.41) is 9.78. The Hall–Kier alpha value is -0.480. The lowest BCUT2D eigenvalue weighted by Crippen LogP contribution is -2.11. The second kappa shape index (κ2) is 7.19. The van der Waals surface area contributed by atoms with Crippen molar-refractivity contribution in [2.75, 3.05) is 12.0 Å². The molecule has 0 saturated heterocycles. The van der Waals surface area contributed by atoms with Gasteiger partial charge in [0.05, 0.1) is 20.4 Å². The van der Waals surface area contributed by atoms with Crippen molar-refractivity contribution >= 4 is 63.1 Å². The van der Waals surface area contributed by atoms with Crippen LogP contribution in [0.5, 0.6) is 0 Å². The molecule has 0 bridgehead atoms. The molecule has 21 heavy (non-hydrogen) atoms. The van der Waals surface area contributed by atoms with E-state index >= 15 is 0 Å². The number of carboxylic acid groups (broad SMARTS) is 1. The molecule has 114 valence electrons. The summed E-state index contributed by atoms with van der Waals surface area (Å²) in [4.78, 5) is 15.2. The number of aliphatic carboxylic acids is 1. The molecule has 4 nitrogen and oxygen atoms in total. The van der Waals surface area contributed by atoms with E-state index in [4.69, 9.17) is 5.11 Å². The molecule has 0 aliphatic carbocycles. The predicted molar refractivity (Wildman–Crippen MR) is 93.7 cm³/mol. The van der Waals surface area contributed by atoms with Crippen LogP contribution >= 0.6 is 46.1 Å². The number of benzene rings is 1. The van der Waals surface area contributed by atoms with E-state index in [9.17, 15) is 9.18 Å². The molecule has 1 aromatic heterocycles. The number of hydrogen-bond acceptors (Lipinski definition) is 4. The molecule has 1 aromatic carbocycles. The summed E-state index contributed by atoms with van der Waals surface area (Å²) in [5.41, 5.74) is 1.41. The van der Waals surface area contributed by atoms with Gasteiger partial charge in [0.25, 0.3) is 0 Å². The first-order valence-corrected chi connectivity index (χ1v) is 9.50. The third-order valence-electron chi connectivity index (χ3n) is 2.92. The van der Waals surface area contributed by atoms with Crippen molar-refractivity contribution in [1.82, 2.24) is 9.55 Å². The Bertz CT molecular complexity index is 678. The minimum Gasteiger partial charge on any atom is -0.481 e. The highest BCUT2D eigenvalue weighted by atomic mass is 127. The van der Waals surface area contributed by atoms with Gasteiger partial charge in [-0.05, 0) is 34.9 Å². The van der Waals surface area contributed by atoms with Crippen molar-refractivity contribution in [3.8, 4) is 0 Å². The highest BCUT2D eigenvalue weighted by Gasteiger charge is 2.16. The van der Waals surface area contributed by atoms with Crippen LogP contribution in [-0.4, -0.2) is 37.9 Å². The molecule has 1 unspecified atom stereocenters. The molecule has 0 fully saturated rings. The van der Waals surface area contributed by atoms with Gasteiger partial charge in [-0.15, -0.1) is 0 Å². The molecule has 0 spiro atoms. The number of rotatable bonds is 6. The minimum absolute atomic E-state index is 0.0590. The van der Waals surface area contributed by atoms with Crippen molar-refractivity contribution in [3.05, 3.63) is 21.5 Å². The molecule has 0 aliphatic rings. The van der Waals surface area contributed by atoms with Crippen LogP contribution in [0.3, 0.4) is 0 Å². The van der Waals surface area contributed by atoms with E-state index in [1.165, 1.54) is 6.07 Å². The smallest absolute Gasteiger partial charge is 0.313 e. The fourth-order valence-electron chi connectivity index (χ4n) is 1.84. The summed E-state index contributed by atoms with van der Waals surface area (Å²) in [5.74, 6) is -1.23. The van der Waals surface area contributed by atoms with Crippen molar-refractivity contribution in [3.63, 3.8) is 0 Å². The second-order valence-corrected chi connectivity index (χ2v) is 7.87. The maximum Gasteiger partial charge on any atom is 0.313 e. The summed E-state index contributed by atoms with van der Waals surface area (Å²) in [6.45, 7) is 2.74. The second-order valence-electron chi connectivity index (χ2n) is 4.49. The Labute approximate surface area is 144 Å². The molecular formula is C13H14FIN2O2S2. The van der Waals surface area contributed by atoms with Gasteiger partial charge >= 0.3 is 5.97 Å². The van der Waals surface area contributed by atoms with Crippen LogP contribution in [0.15, 0.2) is 17.3 Å².